The molecule has 0 unspecified atom stereocenters. The number of morpholine rings is 1. The summed E-state index contributed by atoms with van der Waals surface area (Å²) in [4.78, 5) is 60.1. The zero-order valence-corrected chi connectivity index (χ0v) is 22.0. The zero-order valence-electron chi connectivity index (χ0n) is 21.2. The van der Waals surface area contributed by atoms with E-state index in [1.54, 1.807) is 40.9 Å². The first-order valence-electron chi connectivity index (χ1n) is 13.0. The van der Waals surface area contributed by atoms with Gasteiger partial charge in [0.05, 0.1) is 30.7 Å². The molecule has 3 fully saturated rings. The van der Waals surface area contributed by atoms with Crippen molar-refractivity contribution < 1.29 is 23.9 Å². The van der Waals surface area contributed by atoms with Crippen LogP contribution in [0.25, 0.3) is 0 Å². The number of imide groups is 1. The maximum Gasteiger partial charge on any atom is 0.253 e. The number of benzene rings is 2. The smallest absolute Gasteiger partial charge is 0.253 e. The van der Waals surface area contributed by atoms with Crippen molar-refractivity contribution >= 4 is 46.8 Å². The highest BCUT2D eigenvalue weighted by molar-refractivity contribution is 7.98. The van der Waals surface area contributed by atoms with E-state index in [0.29, 0.717) is 49.7 Å². The maximum atomic E-state index is 14.4. The molecular weight excluding hydrogens is 504 g/mol. The van der Waals surface area contributed by atoms with E-state index in [2.05, 4.69) is 5.32 Å². The van der Waals surface area contributed by atoms with Crippen LogP contribution in [0.1, 0.15) is 12.0 Å². The molecule has 9 nitrogen and oxygen atoms in total. The Bertz CT molecular complexity index is 1280. The number of anilines is 2. The molecular formula is C28H30N4O5S. The predicted octanol–water partition coefficient (Wildman–Crippen LogP) is 1.62. The molecule has 4 heterocycles. The third-order valence-corrected chi connectivity index (χ3v) is 8.81. The van der Waals surface area contributed by atoms with Crippen LogP contribution in [0.15, 0.2) is 54.6 Å². The van der Waals surface area contributed by atoms with Gasteiger partial charge in [0.2, 0.25) is 17.7 Å². The fraction of sp³-hybridized carbons (Fsp3) is 0.429. The summed E-state index contributed by atoms with van der Waals surface area (Å²) in [7, 11) is 0. The van der Waals surface area contributed by atoms with E-state index in [0.717, 1.165) is 5.75 Å². The molecule has 4 aliphatic rings. The molecule has 10 heteroatoms. The lowest BCUT2D eigenvalue weighted by Crippen LogP contribution is -2.56. The van der Waals surface area contributed by atoms with Crippen molar-refractivity contribution in [2.45, 2.75) is 18.0 Å². The van der Waals surface area contributed by atoms with Gasteiger partial charge in [0.15, 0.2) is 0 Å². The third-order valence-electron chi connectivity index (χ3n) is 8.17. The number of fused-ring (bicyclic) bond motifs is 4. The van der Waals surface area contributed by atoms with Crippen molar-refractivity contribution in [3.8, 4) is 0 Å². The van der Waals surface area contributed by atoms with E-state index in [9.17, 15) is 19.2 Å². The highest BCUT2D eigenvalue weighted by Gasteiger charge is 2.71. The van der Waals surface area contributed by atoms with Gasteiger partial charge in [0.1, 0.15) is 12.1 Å². The molecule has 38 heavy (non-hydrogen) atoms. The third kappa shape index (κ3) is 3.69. The largest absolute Gasteiger partial charge is 0.378 e. The van der Waals surface area contributed by atoms with E-state index < -0.39 is 17.4 Å². The van der Waals surface area contributed by atoms with Crippen molar-refractivity contribution in [1.82, 2.24) is 10.2 Å². The number of nitrogens with zero attached hydrogens (tertiary/aromatic N) is 3. The summed E-state index contributed by atoms with van der Waals surface area (Å²) in [6, 6.07) is 15.9. The molecule has 0 saturated carbocycles. The molecule has 2 aromatic carbocycles. The zero-order chi connectivity index (χ0) is 26.4. The standard InChI is InChI=1S/C28H30N4O5S/c1-38-16-11-20-23-24(26(35)32(25(23)34)18-7-3-2-4-8-18)28(29-20)19-9-5-6-10-21(19)31(27(28)36)17-22(33)30-12-14-37-15-13-30/h2-10,20,23-24,29H,11-17H2,1H3/t20-,23-,24+,28-/m0/s1. The molecule has 0 aromatic heterocycles. The van der Waals surface area contributed by atoms with E-state index in [-0.39, 0.29) is 36.2 Å². The second kappa shape index (κ2) is 9.83. The summed E-state index contributed by atoms with van der Waals surface area (Å²) in [6.07, 6.45) is 2.63. The Kier molecular flexibility index (Phi) is 6.49. The number of amides is 4. The summed E-state index contributed by atoms with van der Waals surface area (Å²) in [5, 5.41) is 3.51. The minimum absolute atomic E-state index is 0.128. The Labute approximate surface area is 225 Å². The fourth-order valence-corrected chi connectivity index (χ4v) is 6.97. The number of ether oxygens (including phenoxy) is 1. The Morgan fingerprint density at radius 3 is 2.47 bits per heavy atom. The molecule has 4 atom stereocenters. The number of carbonyl (C=O) groups is 4. The van der Waals surface area contributed by atoms with E-state index in [1.807, 2.05) is 36.6 Å². The lowest BCUT2D eigenvalue weighted by Gasteiger charge is -2.31. The van der Waals surface area contributed by atoms with Crippen LogP contribution in [0.5, 0.6) is 0 Å². The minimum Gasteiger partial charge on any atom is -0.378 e. The van der Waals surface area contributed by atoms with Crippen molar-refractivity contribution in [2.75, 3.05) is 54.7 Å². The van der Waals surface area contributed by atoms with Crippen molar-refractivity contribution in [3.05, 3.63) is 60.2 Å². The van der Waals surface area contributed by atoms with Crippen molar-refractivity contribution in [2.24, 2.45) is 11.8 Å². The summed E-state index contributed by atoms with van der Waals surface area (Å²) >= 11 is 1.66. The summed E-state index contributed by atoms with van der Waals surface area (Å²) in [6.45, 7) is 1.76. The lowest BCUT2D eigenvalue weighted by atomic mass is 9.76. The highest BCUT2D eigenvalue weighted by atomic mass is 32.2. The van der Waals surface area contributed by atoms with Crippen LogP contribution in [-0.2, 0) is 29.5 Å². The average molecular weight is 535 g/mol. The highest BCUT2D eigenvalue weighted by Crippen LogP contribution is 2.55. The topological polar surface area (TPSA) is 99.3 Å². The Morgan fingerprint density at radius 1 is 1.03 bits per heavy atom. The first kappa shape index (κ1) is 25.1. The normalized spacial score (nSPS) is 28.4. The second-order valence-corrected chi connectivity index (χ2v) is 11.1. The molecule has 198 valence electrons. The number of para-hydroxylation sites is 2. The second-order valence-electron chi connectivity index (χ2n) is 10.1. The summed E-state index contributed by atoms with van der Waals surface area (Å²) in [5.41, 5.74) is 0.354. The lowest BCUT2D eigenvalue weighted by molar-refractivity contribution is -0.136. The average Bonchev–Trinajstić information content (AvgIpc) is 3.52. The van der Waals surface area contributed by atoms with Gasteiger partial charge in [-0.15, -0.1) is 0 Å². The molecule has 2 aromatic rings. The van der Waals surface area contributed by atoms with Crippen LogP contribution in [0.2, 0.25) is 0 Å². The molecule has 1 spiro atoms. The molecule has 0 bridgehead atoms. The van der Waals surface area contributed by atoms with Crippen LogP contribution in [0.4, 0.5) is 11.4 Å². The van der Waals surface area contributed by atoms with Crippen LogP contribution >= 0.6 is 11.8 Å². The van der Waals surface area contributed by atoms with Crippen LogP contribution in [0, 0.1) is 11.8 Å². The van der Waals surface area contributed by atoms with Crippen LogP contribution < -0.4 is 15.1 Å². The Morgan fingerprint density at radius 2 is 1.74 bits per heavy atom. The molecule has 3 saturated heterocycles. The van der Waals surface area contributed by atoms with Gasteiger partial charge in [-0.3, -0.25) is 24.5 Å². The van der Waals surface area contributed by atoms with Crippen molar-refractivity contribution in [3.63, 3.8) is 0 Å². The number of hydrogen-bond donors (Lipinski definition) is 1. The van der Waals surface area contributed by atoms with Gasteiger partial charge < -0.3 is 14.5 Å². The van der Waals surface area contributed by atoms with Gasteiger partial charge in [-0.2, -0.15) is 11.8 Å². The molecule has 0 aliphatic carbocycles. The van der Waals surface area contributed by atoms with Crippen LogP contribution in [0.3, 0.4) is 0 Å². The molecule has 1 N–H and O–H groups in total. The minimum atomic E-state index is -1.41. The number of carbonyl (C=O) groups excluding carboxylic acids is 4. The maximum absolute atomic E-state index is 14.4. The number of thioether (sulfide) groups is 1. The van der Waals surface area contributed by atoms with Gasteiger partial charge in [-0.25, -0.2) is 4.90 Å². The van der Waals surface area contributed by atoms with Crippen molar-refractivity contribution in [1.29, 1.82) is 0 Å². The number of rotatable bonds is 6. The Hall–Kier alpha value is -3.21. The number of hydrogen-bond acceptors (Lipinski definition) is 7. The van der Waals surface area contributed by atoms with Gasteiger partial charge >= 0.3 is 0 Å². The fourth-order valence-electron chi connectivity index (χ4n) is 6.48. The van der Waals surface area contributed by atoms with Gasteiger partial charge in [0, 0.05) is 30.4 Å². The first-order chi connectivity index (χ1) is 18.5. The van der Waals surface area contributed by atoms with E-state index >= 15 is 0 Å². The first-order valence-corrected chi connectivity index (χ1v) is 14.3. The monoisotopic (exact) mass is 534 g/mol. The predicted molar refractivity (Wildman–Crippen MR) is 144 cm³/mol. The molecule has 6 rings (SSSR count). The molecule has 4 aliphatic heterocycles. The quantitative estimate of drug-likeness (QED) is 0.563. The van der Waals surface area contributed by atoms with Gasteiger partial charge in [0.25, 0.3) is 5.91 Å². The van der Waals surface area contributed by atoms with E-state index in [4.69, 9.17) is 4.74 Å². The summed E-state index contributed by atoms with van der Waals surface area (Å²) in [5.74, 6) is -1.98. The number of nitrogens with one attached hydrogen (secondary N) is 1. The molecule has 0 radical (unpaired) electrons. The SMILES string of the molecule is CSCC[C@@H]1N[C@]2(C(=O)N(CC(=O)N3CCOCC3)c3ccccc32)[C@H]2C(=O)N(c3ccccc3)C(=O)[C@@H]12. The summed E-state index contributed by atoms with van der Waals surface area (Å²) < 4.78 is 5.37. The van der Waals surface area contributed by atoms with Gasteiger partial charge in [-0.1, -0.05) is 36.4 Å². The van der Waals surface area contributed by atoms with Crippen LogP contribution in [-0.4, -0.2) is 79.4 Å². The Balaban J connectivity index is 1.42. The van der Waals surface area contributed by atoms with E-state index in [1.165, 1.54) is 9.80 Å². The van der Waals surface area contributed by atoms with Gasteiger partial charge in [-0.05, 0) is 36.6 Å². The molecule has 4 amide bonds.